The number of carbonyl (C=O) groups is 1. The summed E-state index contributed by atoms with van der Waals surface area (Å²) in [6, 6.07) is 1.75. The Morgan fingerprint density at radius 2 is 2.29 bits per heavy atom. The van der Waals surface area contributed by atoms with Gasteiger partial charge in [0, 0.05) is 30.2 Å². The average Bonchev–Trinajstić information content (AvgIpc) is 2.88. The van der Waals surface area contributed by atoms with Gasteiger partial charge in [-0.15, -0.1) is 0 Å². The molecule has 0 aliphatic heterocycles. The van der Waals surface area contributed by atoms with Gasteiger partial charge in [0.25, 0.3) is 0 Å². The van der Waals surface area contributed by atoms with Crippen LogP contribution in [-0.4, -0.2) is 21.0 Å². The Labute approximate surface area is 80.3 Å². The quantitative estimate of drug-likeness (QED) is 0.613. The van der Waals surface area contributed by atoms with E-state index in [1.807, 2.05) is 0 Å². The van der Waals surface area contributed by atoms with Crippen LogP contribution in [-0.2, 0) is 6.54 Å². The van der Waals surface area contributed by atoms with Gasteiger partial charge in [0.1, 0.15) is 0 Å². The molecule has 0 spiro atoms. The van der Waals surface area contributed by atoms with E-state index >= 15 is 0 Å². The normalized spacial score (nSPS) is 10.4. The molecule has 5 nitrogen and oxygen atoms in total. The SMILES string of the molecule is NCc1cc(C(=O)c2cn[nH]c2)c[nH]1. The summed E-state index contributed by atoms with van der Waals surface area (Å²) in [6.45, 7) is 0.401. The number of nitrogens with two attached hydrogens (primary N) is 1. The van der Waals surface area contributed by atoms with Crippen molar-refractivity contribution >= 4 is 5.78 Å². The Hall–Kier alpha value is -1.88. The standard InChI is InChI=1S/C9H10N4O/c10-2-8-1-6(3-11-8)9(14)7-4-12-13-5-7/h1,3-5,11H,2,10H2,(H,12,13). The average molecular weight is 190 g/mol. The zero-order chi connectivity index (χ0) is 9.97. The van der Waals surface area contributed by atoms with E-state index in [-0.39, 0.29) is 5.78 Å². The van der Waals surface area contributed by atoms with Gasteiger partial charge in [0.2, 0.25) is 0 Å². The molecule has 0 atom stereocenters. The highest BCUT2D eigenvalue weighted by Gasteiger charge is 2.11. The van der Waals surface area contributed by atoms with Crippen molar-refractivity contribution in [3.63, 3.8) is 0 Å². The Bertz CT molecular complexity index is 429. The minimum Gasteiger partial charge on any atom is -0.363 e. The van der Waals surface area contributed by atoms with Gasteiger partial charge in [0.05, 0.1) is 11.8 Å². The minimum atomic E-state index is -0.0605. The zero-order valence-corrected chi connectivity index (χ0v) is 7.45. The molecule has 2 aromatic heterocycles. The molecule has 2 heterocycles. The first-order valence-electron chi connectivity index (χ1n) is 4.22. The van der Waals surface area contributed by atoms with Crippen LogP contribution in [0, 0.1) is 0 Å². The number of carbonyl (C=O) groups excluding carboxylic acids is 1. The fourth-order valence-electron chi connectivity index (χ4n) is 1.23. The van der Waals surface area contributed by atoms with E-state index in [0.717, 1.165) is 5.69 Å². The third kappa shape index (κ3) is 1.45. The minimum absolute atomic E-state index is 0.0605. The predicted molar refractivity (Wildman–Crippen MR) is 50.7 cm³/mol. The number of aromatic nitrogens is 3. The van der Waals surface area contributed by atoms with Gasteiger partial charge in [-0.3, -0.25) is 9.89 Å². The molecule has 0 saturated carbocycles. The monoisotopic (exact) mass is 190 g/mol. The summed E-state index contributed by atoms with van der Waals surface area (Å²) in [5.41, 5.74) is 7.42. The lowest BCUT2D eigenvalue weighted by Gasteiger charge is -1.90. The number of ketones is 1. The lowest BCUT2D eigenvalue weighted by Crippen LogP contribution is -1.98. The number of rotatable bonds is 3. The highest BCUT2D eigenvalue weighted by atomic mass is 16.1. The van der Waals surface area contributed by atoms with Gasteiger partial charge in [0.15, 0.2) is 5.78 Å². The second-order valence-corrected chi connectivity index (χ2v) is 2.93. The van der Waals surface area contributed by atoms with Crippen molar-refractivity contribution in [1.29, 1.82) is 0 Å². The fraction of sp³-hybridized carbons (Fsp3) is 0.111. The molecule has 0 bridgehead atoms. The molecule has 4 N–H and O–H groups in total. The Morgan fingerprint density at radius 3 is 2.86 bits per heavy atom. The van der Waals surface area contributed by atoms with Crippen LogP contribution >= 0.6 is 0 Å². The first-order valence-corrected chi connectivity index (χ1v) is 4.22. The number of nitrogens with one attached hydrogen (secondary N) is 2. The van der Waals surface area contributed by atoms with Crippen molar-refractivity contribution in [3.8, 4) is 0 Å². The molecular formula is C9H10N4O. The van der Waals surface area contributed by atoms with Crippen LogP contribution in [0.3, 0.4) is 0 Å². The van der Waals surface area contributed by atoms with Gasteiger partial charge in [-0.1, -0.05) is 0 Å². The van der Waals surface area contributed by atoms with Crippen molar-refractivity contribution in [3.05, 3.63) is 41.5 Å². The Kier molecular flexibility index (Phi) is 2.16. The molecule has 0 amide bonds. The Balaban J connectivity index is 2.28. The first kappa shape index (κ1) is 8.71. The molecule has 0 aliphatic rings. The summed E-state index contributed by atoms with van der Waals surface area (Å²) in [5.74, 6) is -0.0605. The molecule has 0 fully saturated rings. The highest BCUT2D eigenvalue weighted by molar-refractivity contribution is 6.08. The summed E-state index contributed by atoms with van der Waals surface area (Å²) >= 11 is 0. The van der Waals surface area contributed by atoms with Gasteiger partial charge in [-0.25, -0.2) is 0 Å². The summed E-state index contributed by atoms with van der Waals surface area (Å²) < 4.78 is 0. The highest BCUT2D eigenvalue weighted by Crippen LogP contribution is 2.09. The van der Waals surface area contributed by atoms with E-state index in [4.69, 9.17) is 5.73 Å². The number of nitrogens with zero attached hydrogens (tertiary/aromatic N) is 1. The van der Waals surface area contributed by atoms with E-state index < -0.39 is 0 Å². The topological polar surface area (TPSA) is 87.6 Å². The molecular weight excluding hydrogens is 180 g/mol. The molecule has 5 heteroatoms. The van der Waals surface area contributed by atoms with Crippen molar-refractivity contribution in [2.24, 2.45) is 5.73 Å². The van der Waals surface area contributed by atoms with Crippen LogP contribution in [0.15, 0.2) is 24.7 Å². The number of hydrogen-bond acceptors (Lipinski definition) is 3. The summed E-state index contributed by atoms with van der Waals surface area (Å²) in [7, 11) is 0. The van der Waals surface area contributed by atoms with Gasteiger partial charge in [-0.05, 0) is 6.07 Å². The summed E-state index contributed by atoms with van der Waals surface area (Å²) in [4.78, 5) is 14.6. The molecule has 0 radical (unpaired) electrons. The maximum atomic E-state index is 11.7. The van der Waals surface area contributed by atoms with Crippen molar-refractivity contribution in [2.45, 2.75) is 6.54 Å². The van der Waals surface area contributed by atoms with Crippen molar-refractivity contribution in [2.75, 3.05) is 0 Å². The molecule has 2 aromatic rings. The number of H-pyrrole nitrogens is 2. The molecule has 0 saturated heterocycles. The van der Waals surface area contributed by atoms with Crippen LogP contribution in [0.2, 0.25) is 0 Å². The van der Waals surface area contributed by atoms with E-state index in [1.54, 1.807) is 18.5 Å². The van der Waals surface area contributed by atoms with Crippen LogP contribution < -0.4 is 5.73 Å². The smallest absolute Gasteiger partial charge is 0.197 e. The lowest BCUT2D eigenvalue weighted by atomic mass is 10.1. The predicted octanol–water partition coefficient (Wildman–Crippen LogP) is 0.427. The number of aromatic amines is 2. The van der Waals surface area contributed by atoms with Crippen molar-refractivity contribution < 1.29 is 4.79 Å². The van der Waals surface area contributed by atoms with Crippen molar-refractivity contribution in [1.82, 2.24) is 15.2 Å². The Morgan fingerprint density at radius 1 is 1.43 bits per heavy atom. The lowest BCUT2D eigenvalue weighted by molar-refractivity contribution is 0.103. The van der Waals surface area contributed by atoms with Gasteiger partial charge < -0.3 is 10.7 Å². The zero-order valence-electron chi connectivity index (χ0n) is 7.45. The summed E-state index contributed by atoms with van der Waals surface area (Å²) in [5, 5.41) is 6.31. The first-order chi connectivity index (χ1) is 6.81. The third-order valence-corrected chi connectivity index (χ3v) is 1.99. The van der Waals surface area contributed by atoms with Crippen LogP contribution in [0.5, 0.6) is 0 Å². The molecule has 72 valence electrons. The molecule has 14 heavy (non-hydrogen) atoms. The van der Waals surface area contributed by atoms with Gasteiger partial charge in [-0.2, -0.15) is 5.10 Å². The molecule has 2 rings (SSSR count). The second kappa shape index (κ2) is 3.47. The van der Waals surface area contributed by atoms with E-state index in [9.17, 15) is 4.79 Å². The summed E-state index contributed by atoms with van der Waals surface area (Å²) in [6.07, 6.45) is 4.71. The van der Waals surface area contributed by atoms with Gasteiger partial charge >= 0.3 is 0 Å². The second-order valence-electron chi connectivity index (χ2n) is 2.93. The van der Waals surface area contributed by atoms with Crippen LogP contribution in [0.25, 0.3) is 0 Å². The largest absolute Gasteiger partial charge is 0.363 e. The fourth-order valence-corrected chi connectivity index (χ4v) is 1.23. The van der Waals surface area contributed by atoms with E-state index in [0.29, 0.717) is 17.7 Å². The molecule has 0 aromatic carbocycles. The van der Waals surface area contributed by atoms with E-state index in [2.05, 4.69) is 15.2 Å². The van der Waals surface area contributed by atoms with Crippen LogP contribution in [0.4, 0.5) is 0 Å². The maximum absolute atomic E-state index is 11.7. The van der Waals surface area contributed by atoms with Crippen LogP contribution in [0.1, 0.15) is 21.6 Å². The molecule has 0 unspecified atom stereocenters. The maximum Gasteiger partial charge on any atom is 0.197 e. The van der Waals surface area contributed by atoms with E-state index in [1.165, 1.54) is 6.20 Å². The third-order valence-electron chi connectivity index (χ3n) is 1.99. The number of hydrogen-bond donors (Lipinski definition) is 3. The molecule has 0 aliphatic carbocycles.